The maximum absolute atomic E-state index is 12.7. The van der Waals surface area contributed by atoms with E-state index in [1.165, 1.54) is 0 Å². The first kappa shape index (κ1) is 41.7. The van der Waals surface area contributed by atoms with E-state index in [0.717, 1.165) is 0 Å². The highest BCUT2D eigenvalue weighted by Gasteiger charge is 2.28. The lowest BCUT2D eigenvalue weighted by atomic mass is 10.0. The van der Waals surface area contributed by atoms with Crippen molar-refractivity contribution >= 4 is 47.3 Å². The Kier molecular flexibility index (Phi) is 19.4. The molecule has 0 radical (unpaired) electrons. The normalized spacial score (nSPS) is 13.5. The van der Waals surface area contributed by atoms with Gasteiger partial charge in [-0.25, -0.2) is 0 Å². The number of carboxylic acids is 1. The molecule has 0 spiro atoms. The SMILES string of the molecule is CC(C)CC(NC(=O)CNC(=O)C(N)C(C)C)C(=O)NCC(=O)NCC(=O)NC(CO)C(=O)NC(CC(C)C)C(=O)NCC(=O)O. The average molecular weight is 659 g/mol. The Hall–Kier alpha value is -4.32. The Morgan fingerprint density at radius 2 is 0.957 bits per heavy atom. The molecular weight excluding hydrogens is 608 g/mol. The lowest BCUT2D eigenvalue weighted by Gasteiger charge is -2.23. The topological polar surface area (TPSA) is 287 Å². The zero-order chi connectivity index (χ0) is 35.6. The predicted molar refractivity (Wildman–Crippen MR) is 164 cm³/mol. The van der Waals surface area contributed by atoms with Gasteiger partial charge in [-0.15, -0.1) is 0 Å². The van der Waals surface area contributed by atoms with Gasteiger partial charge in [0.1, 0.15) is 24.7 Å². The van der Waals surface area contributed by atoms with Gasteiger partial charge < -0.3 is 53.2 Å². The summed E-state index contributed by atoms with van der Waals surface area (Å²) in [5, 5.41) is 34.7. The Labute approximate surface area is 268 Å². The fourth-order valence-electron chi connectivity index (χ4n) is 3.77. The number of carboxylic acid groups (broad SMARTS) is 1. The monoisotopic (exact) mass is 658 g/mol. The molecule has 0 aromatic carbocycles. The summed E-state index contributed by atoms with van der Waals surface area (Å²) in [6.45, 7) is 7.60. The molecule has 18 nitrogen and oxygen atoms in total. The van der Waals surface area contributed by atoms with E-state index in [1.807, 2.05) is 13.8 Å². The molecule has 0 fully saturated rings. The van der Waals surface area contributed by atoms with Crippen LogP contribution >= 0.6 is 0 Å². The van der Waals surface area contributed by atoms with Gasteiger partial charge in [-0.3, -0.25) is 38.4 Å². The van der Waals surface area contributed by atoms with E-state index in [9.17, 15) is 43.5 Å². The number of aliphatic hydroxyl groups is 1. The summed E-state index contributed by atoms with van der Waals surface area (Å²) in [7, 11) is 0. The number of carbonyl (C=O) groups excluding carboxylic acids is 7. The number of nitrogens with one attached hydrogen (secondary N) is 7. The molecule has 0 saturated heterocycles. The number of amides is 7. The van der Waals surface area contributed by atoms with Crippen LogP contribution in [0.3, 0.4) is 0 Å². The number of carbonyl (C=O) groups is 8. The van der Waals surface area contributed by atoms with Crippen LogP contribution in [0, 0.1) is 17.8 Å². The van der Waals surface area contributed by atoms with Gasteiger partial charge >= 0.3 is 5.97 Å². The molecule has 0 aliphatic carbocycles. The number of hydrogen-bond acceptors (Lipinski definition) is 10. The number of rotatable bonds is 21. The summed E-state index contributed by atoms with van der Waals surface area (Å²) in [4.78, 5) is 97.4. The van der Waals surface area contributed by atoms with Crippen LogP contribution in [-0.4, -0.2) is 114 Å². The van der Waals surface area contributed by atoms with Gasteiger partial charge in [-0.1, -0.05) is 41.5 Å². The van der Waals surface area contributed by atoms with E-state index in [2.05, 4.69) is 37.2 Å². The highest BCUT2D eigenvalue weighted by molar-refractivity contribution is 5.95. The molecule has 46 heavy (non-hydrogen) atoms. The number of hydrogen-bond donors (Lipinski definition) is 10. The van der Waals surface area contributed by atoms with Crippen LogP contribution in [0.1, 0.15) is 54.4 Å². The summed E-state index contributed by atoms with van der Waals surface area (Å²) in [5.74, 6) is -6.64. The second kappa shape index (κ2) is 21.4. The quantitative estimate of drug-likeness (QED) is 0.0568. The van der Waals surface area contributed by atoms with Crippen molar-refractivity contribution in [3.63, 3.8) is 0 Å². The van der Waals surface area contributed by atoms with Crippen molar-refractivity contribution in [1.82, 2.24) is 37.2 Å². The maximum Gasteiger partial charge on any atom is 0.322 e. The Balaban J connectivity index is 4.94. The van der Waals surface area contributed by atoms with Crippen LogP contribution in [-0.2, 0) is 38.4 Å². The zero-order valence-electron chi connectivity index (χ0n) is 27.2. The van der Waals surface area contributed by atoms with Gasteiger partial charge in [0.2, 0.25) is 41.4 Å². The first-order valence-electron chi connectivity index (χ1n) is 14.9. The zero-order valence-corrected chi connectivity index (χ0v) is 27.2. The number of nitrogens with two attached hydrogens (primary N) is 1. The van der Waals surface area contributed by atoms with Crippen molar-refractivity contribution in [2.45, 2.75) is 78.6 Å². The molecular formula is C28H50N8O10. The van der Waals surface area contributed by atoms with Gasteiger partial charge in [0.05, 0.1) is 32.3 Å². The lowest BCUT2D eigenvalue weighted by molar-refractivity contribution is -0.138. The average Bonchev–Trinajstić information content (AvgIpc) is 2.97. The molecule has 0 rings (SSSR count). The molecule has 7 amide bonds. The van der Waals surface area contributed by atoms with Gasteiger partial charge in [-0.2, -0.15) is 0 Å². The largest absolute Gasteiger partial charge is 0.480 e. The first-order valence-corrected chi connectivity index (χ1v) is 14.9. The molecule has 0 aliphatic heterocycles. The third-order valence-electron chi connectivity index (χ3n) is 6.26. The van der Waals surface area contributed by atoms with E-state index >= 15 is 0 Å². The summed E-state index contributed by atoms with van der Waals surface area (Å²) >= 11 is 0. The van der Waals surface area contributed by atoms with E-state index < -0.39 is 104 Å². The molecule has 0 saturated carbocycles. The smallest absolute Gasteiger partial charge is 0.322 e. The summed E-state index contributed by atoms with van der Waals surface area (Å²) < 4.78 is 0. The van der Waals surface area contributed by atoms with Crippen LogP contribution in [0.25, 0.3) is 0 Å². The van der Waals surface area contributed by atoms with Crippen LogP contribution < -0.4 is 43.0 Å². The third kappa shape index (κ3) is 17.8. The number of aliphatic carboxylic acids is 1. The maximum atomic E-state index is 12.7. The van der Waals surface area contributed by atoms with Gasteiger partial charge in [0.15, 0.2) is 0 Å². The van der Waals surface area contributed by atoms with Gasteiger partial charge in [0, 0.05) is 0 Å². The molecule has 0 aromatic heterocycles. The molecule has 4 atom stereocenters. The van der Waals surface area contributed by atoms with Crippen molar-refractivity contribution in [3.8, 4) is 0 Å². The third-order valence-corrected chi connectivity index (χ3v) is 6.26. The standard InChI is InChI=1S/C28H50N8O10/c1-14(2)7-17(34-22(40)11-32-28(46)24(29)16(5)6)25(43)31-9-20(38)30-10-21(39)35-19(13-37)27(45)36-18(8-15(3)4)26(44)33-12-23(41)42/h14-19,24,37H,7-13,29H2,1-6H3,(H,30,38)(H,31,43)(H,32,46)(H,33,44)(H,34,40)(H,35,39)(H,36,45)(H,41,42). The molecule has 0 aliphatic rings. The fraction of sp³-hybridized carbons (Fsp3) is 0.714. The highest BCUT2D eigenvalue weighted by Crippen LogP contribution is 2.06. The summed E-state index contributed by atoms with van der Waals surface area (Å²) in [5.41, 5.74) is 5.75. The molecule has 11 N–H and O–H groups in total. The summed E-state index contributed by atoms with van der Waals surface area (Å²) in [6, 6.07) is -4.44. The van der Waals surface area contributed by atoms with E-state index in [-0.39, 0.29) is 30.6 Å². The van der Waals surface area contributed by atoms with Gasteiger partial charge in [0.25, 0.3) is 0 Å². The predicted octanol–water partition coefficient (Wildman–Crippen LogP) is -3.94. The molecule has 0 heterocycles. The minimum absolute atomic E-state index is 0.0195. The molecule has 18 heteroatoms. The Morgan fingerprint density at radius 1 is 0.543 bits per heavy atom. The Morgan fingerprint density at radius 3 is 1.41 bits per heavy atom. The van der Waals surface area contributed by atoms with Crippen molar-refractivity contribution in [2.24, 2.45) is 23.5 Å². The molecule has 0 bridgehead atoms. The molecule has 4 unspecified atom stereocenters. The fourth-order valence-corrected chi connectivity index (χ4v) is 3.77. The van der Waals surface area contributed by atoms with Crippen molar-refractivity contribution in [2.75, 3.05) is 32.8 Å². The molecule has 0 aromatic rings. The summed E-state index contributed by atoms with van der Waals surface area (Å²) in [6.07, 6.45) is 0.376. The highest BCUT2D eigenvalue weighted by atomic mass is 16.4. The minimum atomic E-state index is -1.49. The minimum Gasteiger partial charge on any atom is -0.480 e. The second-order valence-corrected chi connectivity index (χ2v) is 11.8. The van der Waals surface area contributed by atoms with E-state index in [1.54, 1.807) is 27.7 Å². The first-order chi connectivity index (χ1) is 21.4. The van der Waals surface area contributed by atoms with Crippen molar-refractivity contribution in [1.29, 1.82) is 0 Å². The van der Waals surface area contributed by atoms with Crippen LogP contribution in [0.2, 0.25) is 0 Å². The lowest BCUT2D eigenvalue weighted by Crippen LogP contribution is -2.56. The Bertz CT molecular complexity index is 1080. The van der Waals surface area contributed by atoms with Crippen molar-refractivity contribution < 1.29 is 48.6 Å². The van der Waals surface area contributed by atoms with Crippen LogP contribution in [0.15, 0.2) is 0 Å². The van der Waals surface area contributed by atoms with Gasteiger partial charge in [-0.05, 0) is 30.6 Å². The van der Waals surface area contributed by atoms with Crippen LogP contribution in [0.4, 0.5) is 0 Å². The molecule has 262 valence electrons. The number of aliphatic hydroxyl groups excluding tert-OH is 1. The van der Waals surface area contributed by atoms with E-state index in [4.69, 9.17) is 10.8 Å². The van der Waals surface area contributed by atoms with Crippen molar-refractivity contribution in [3.05, 3.63) is 0 Å². The van der Waals surface area contributed by atoms with Crippen LogP contribution in [0.5, 0.6) is 0 Å². The van der Waals surface area contributed by atoms with E-state index in [0.29, 0.717) is 0 Å². The second-order valence-electron chi connectivity index (χ2n) is 11.8.